The average molecular weight is 389 g/mol. The van der Waals surface area contributed by atoms with Gasteiger partial charge < -0.3 is 14.6 Å². The van der Waals surface area contributed by atoms with Crippen LogP contribution >= 0.6 is 11.8 Å². The fourth-order valence-electron chi connectivity index (χ4n) is 3.41. The summed E-state index contributed by atoms with van der Waals surface area (Å²) >= 11 is 1.43. The van der Waals surface area contributed by atoms with Crippen molar-refractivity contribution in [3.8, 4) is 5.75 Å². The summed E-state index contributed by atoms with van der Waals surface area (Å²) in [7, 11) is 0. The van der Waals surface area contributed by atoms with Gasteiger partial charge in [0.05, 0.1) is 5.75 Å². The van der Waals surface area contributed by atoms with Crippen LogP contribution in [0.25, 0.3) is 0 Å². The van der Waals surface area contributed by atoms with E-state index in [1.807, 2.05) is 42.7 Å². The molecule has 1 aromatic heterocycles. The lowest BCUT2D eigenvalue weighted by molar-refractivity contribution is -0.119. The first kappa shape index (κ1) is 19.7. The van der Waals surface area contributed by atoms with Gasteiger partial charge in [0.15, 0.2) is 17.1 Å². The number of hydrogen-bond donors (Lipinski definition) is 1. The molecule has 1 aromatic carbocycles. The van der Waals surface area contributed by atoms with Gasteiger partial charge in [0, 0.05) is 12.6 Å². The summed E-state index contributed by atoms with van der Waals surface area (Å²) in [5.41, 5.74) is 1.09. The second-order valence-electron chi connectivity index (χ2n) is 6.95. The number of nitrogens with zero attached hydrogens (tertiary/aromatic N) is 3. The normalized spacial score (nSPS) is 15.7. The third-order valence-electron chi connectivity index (χ3n) is 4.88. The fourth-order valence-corrected chi connectivity index (χ4v) is 4.23. The van der Waals surface area contributed by atoms with Gasteiger partial charge in [0.25, 0.3) is 0 Å². The molecular weight excluding hydrogens is 360 g/mol. The topological polar surface area (TPSA) is 69.0 Å². The van der Waals surface area contributed by atoms with E-state index in [1.54, 1.807) is 0 Å². The Bertz CT molecular complexity index is 771. The van der Waals surface area contributed by atoms with Crippen LogP contribution in [-0.4, -0.2) is 32.5 Å². The summed E-state index contributed by atoms with van der Waals surface area (Å²) in [4.78, 5) is 12.2. The van der Waals surface area contributed by atoms with Crippen molar-refractivity contribution < 1.29 is 9.53 Å². The molecule has 1 saturated carbocycles. The molecule has 0 saturated heterocycles. The number of aryl methyl sites for hydroxylation is 1. The molecule has 1 fully saturated rings. The Balaban J connectivity index is 1.61. The molecule has 1 N–H and O–H groups in total. The zero-order valence-electron chi connectivity index (χ0n) is 16.3. The van der Waals surface area contributed by atoms with Crippen LogP contribution < -0.4 is 10.1 Å². The van der Waals surface area contributed by atoms with Crippen molar-refractivity contribution in [1.29, 1.82) is 0 Å². The number of rotatable bonds is 8. The Morgan fingerprint density at radius 2 is 2.07 bits per heavy atom. The zero-order valence-corrected chi connectivity index (χ0v) is 17.1. The highest BCUT2D eigenvalue weighted by Gasteiger charge is 2.21. The number of para-hydroxylation sites is 1. The molecule has 1 unspecified atom stereocenters. The van der Waals surface area contributed by atoms with Crippen molar-refractivity contribution in [1.82, 2.24) is 20.1 Å². The number of hydrogen-bond acceptors (Lipinski definition) is 5. The predicted octanol–water partition coefficient (Wildman–Crippen LogP) is 3.90. The molecule has 1 amide bonds. The van der Waals surface area contributed by atoms with Gasteiger partial charge in [0.1, 0.15) is 5.75 Å². The van der Waals surface area contributed by atoms with Crippen LogP contribution in [0.5, 0.6) is 5.75 Å². The number of carbonyl (C=O) groups excluding carboxylic acids is 1. The second-order valence-corrected chi connectivity index (χ2v) is 7.89. The minimum atomic E-state index is -0.222. The maximum atomic E-state index is 12.2. The van der Waals surface area contributed by atoms with E-state index in [0.29, 0.717) is 11.8 Å². The molecule has 0 aliphatic heterocycles. The summed E-state index contributed by atoms with van der Waals surface area (Å²) in [6.07, 6.45) is 4.40. The van der Waals surface area contributed by atoms with Crippen molar-refractivity contribution in [2.45, 2.75) is 70.3 Å². The highest BCUT2D eigenvalue weighted by Crippen LogP contribution is 2.26. The van der Waals surface area contributed by atoms with Crippen LogP contribution in [0, 0.1) is 6.92 Å². The quantitative estimate of drug-likeness (QED) is 0.695. The van der Waals surface area contributed by atoms with Gasteiger partial charge in [-0.3, -0.25) is 4.79 Å². The summed E-state index contributed by atoms with van der Waals surface area (Å²) in [6, 6.07) is 8.29. The van der Waals surface area contributed by atoms with Gasteiger partial charge in [-0.25, -0.2) is 0 Å². The molecule has 3 rings (SSSR count). The number of ether oxygens (including phenoxy) is 1. The van der Waals surface area contributed by atoms with Crippen LogP contribution in [0.2, 0.25) is 0 Å². The Labute approximate surface area is 165 Å². The molecule has 146 valence electrons. The number of amides is 1. The minimum absolute atomic E-state index is 0.0725. The standard InChI is InChI=1S/C20H28N4O2S/c1-4-24-19(15(3)26-17-12-8-5-9-14(17)2)22-23-20(24)27-13-18(25)21-16-10-6-7-11-16/h5,8-9,12,15-16H,4,6-7,10-11,13H2,1-3H3,(H,21,25). The van der Waals surface area contributed by atoms with Gasteiger partial charge in [-0.1, -0.05) is 42.8 Å². The SMILES string of the molecule is CCn1c(SCC(=O)NC2CCCC2)nnc1C(C)Oc1ccccc1C. The lowest BCUT2D eigenvalue weighted by Crippen LogP contribution is -2.33. The van der Waals surface area contributed by atoms with Gasteiger partial charge in [0.2, 0.25) is 5.91 Å². The van der Waals surface area contributed by atoms with Gasteiger partial charge in [-0.05, 0) is 45.2 Å². The van der Waals surface area contributed by atoms with E-state index in [2.05, 4.69) is 22.4 Å². The van der Waals surface area contributed by atoms with Gasteiger partial charge in [-0.15, -0.1) is 10.2 Å². The molecule has 0 bridgehead atoms. The molecule has 7 heteroatoms. The molecule has 0 radical (unpaired) electrons. The smallest absolute Gasteiger partial charge is 0.230 e. The lowest BCUT2D eigenvalue weighted by Gasteiger charge is -2.17. The molecule has 6 nitrogen and oxygen atoms in total. The highest BCUT2D eigenvalue weighted by molar-refractivity contribution is 7.99. The van der Waals surface area contributed by atoms with Crippen molar-refractivity contribution in [2.24, 2.45) is 0 Å². The number of thioether (sulfide) groups is 1. The van der Waals surface area contributed by atoms with Crippen molar-refractivity contribution in [2.75, 3.05) is 5.75 Å². The lowest BCUT2D eigenvalue weighted by atomic mass is 10.2. The molecule has 1 aliphatic carbocycles. The van der Waals surface area contributed by atoms with E-state index in [-0.39, 0.29) is 12.0 Å². The minimum Gasteiger partial charge on any atom is -0.482 e. The third-order valence-corrected chi connectivity index (χ3v) is 5.84. The first-order chi connectivity index (χ1) is 13.1. The van der Waals surface area contributed by atoms with E-state index < -0.39 is 0 Å². The number of benzene rings is 1. The molecule has 1 heterocycles. The monoisotopic (exact) mass is 388 g/mol. The molecule has 1 aliphatic rings. The van der Waals surface area contributed by atoms with Crippen LogP contribution in [0.1, 0.15) is 57.0 Å². The molecule has 0 spiro atoms. The maximum Gasteiger partial charge on any atom is 0.230 e. The molecule has 27 heavy (non-hydrogen) atoms. The number of aromatic nitrogens is 3. The largest absolute Gasteiger partial charge is 0.482 e. The summed E-state index contributed by atoms with van der Waals surface area (Å²) < 4.78 is 8.11. The highest BCUT2D eigenvalue weighted by atomic mass is 32.2. The Morgan fingerprint density at radius 3 is 2.78 bits per heavy atom. The summed E-state index contributed by atoms with van der Waals surface area (Å²) in [6.45, 7) is 6.78. The Morgan fingerprint density at radius 1 is 1.33 bits per heavy atom. The van der Waals surface area contributed by atoms with Crippen molar-refractivity contribution in [3.05, 3.63) is 35.7 Å². The Hall–Kier alpha value is -2.02. The fraction of sp³-hybridized carbons (Fsp3) is 0.550. The molecule has 2 aromatic rings. The maximum absolute atomic E-state index is 12.2. The van der Waals surface area contributed by atoms with Crippen LogP contribution in [0.4, 0.5) is 0 Å². The van der Waals surface area contributed by atoms with Crippen LogP contribution in [0.15, 0.2) is 29.4 Å². The Kier molecular flexibility index (Phi) is 6.77. The van der Waals surface area contributed by atoms with Gasteiger partial charge >= 0.3 is 0 Å². The van der Waals surface area contributed by atoms with Crippen LogP contribution in [-0.2, 0) is 11.3 Å². The predicted molar refractivity (Wildman–Crippen MR) is 107 cm³/mol. The van der Waals surface area contributed by atoms with E-state index in [0.717, 1.165) is 41.7 Å². The molecule has 1 atom stereocenters. The third kappa shape index (κ3) is 5.03. The zero-order chi connectivity index (χ0) is 19.2. The van der Waals surface area contributed by atoms with E-state index in [4.69, 9.17) is 4.74 Å². The molecular formula is C20H28N4O2S. The number of carbonyl (C=O) groups is 1. The van der Waals surface area contributed by atoms with E-state index in [9.17, 15) is 4.79 Å². The van der Waals surface area contributed by atoms with Crippen LogP contribution in [0.3, 0.4) is 0 Å². The van der Waals surface area contributed by atoms with Crippen molar-refractivity contribution >= 4 is 17.7 Å². The summed E-state index contributed by atoms with van der Waals surface area (Å²) in [5.74, 6) is 2.06. The first-order valence-corrected chi connectivity index (χ1v) is 10.6. The first-order valence-electron chi connectivity index (χ1n) is 9.66. The summed E-state index contributed by atoms with van der Waals surface area (Å²) in [5, 5.41) is 12.5. The van der Waals surface area contributed by atoms with E-state index >= 15 is 0 Å². The van der Waals surface area contributed by atoms with Gasteiger partial charge in [-0.2, -0.15) is 0 Å². The number of nitrogens with one attached hydrogen (secondary N) is 1. The average Bonchev–Trinajstić information content (AvgIpc) is 3.31. The van der Waals surface area contributed by atoms with E-state index in [1.165, 1.54) is 24.6 Å². The second kappa shape index (κ2) is 9.26. The van der Waals surface area contributed by atoms with Crippen molar-refractivity contribution in [3.63, 3.8) is 0 Å².